The SMILES string of the molecule is COC(=O)/C=C(/Nc1ccc(-c2nc3ccc(OC)cc3[nH]2)cc1)C(=O)OC. The summed E-state index contributed by atoms with van der Waals surface area (Å²) in [6, 6.07) is 12.8. The number of nitrogens with zero attached hydrogens (tertiary/aromatic N) is 1. The Morgan fingerprint density at radius 1 is 1.04 bits per heavy atom. The topological polar surface area (TPSA) is 103 Å². The predicted octanol–water partition coefficient (Wildman–Crippen LogP) is 2.88. The van der Waals surface area contributed by atoms with Gasteiger partial charge < -0.3 is 24.5 Å². The number of fused-ring (bicyclic) bond motifs is 1. The van der Waals surface area contributed by atoms with Crippen LogP contribution in [-0.4, -0.2) is 43.2 Å². The second kappa shape index (κ2) is 8.26. The van der Waals surface area contributed by atoms with Crippen molar-refractivity contribution in [1.82, 2.24) is 9.97 Å². The summed E-state index contributed by atoms with van der Waals surface area (Å²) in [6.45, 7) is 0. The van der Waals surface area contributed by atoms with E-state index in [-0.39, 0.29) is 5.70 Å². The van der Waals surface area contributed by atoms with Crippen molar-refractivity contribution in [1.29, 1.82) is 0 Å². The molecule has 144 valence electrons. The van der Waals surface area contributed by atoms with Crippen molar-refractivity contribution in [3.63, 3.8) is 0 Å². The maximum atomic E-state index is 11.8. The molecule has 0 aliphatic rings. The van der Waals surface area contributed by atoms with Gasteiger partial charge >= 0.3 is 11.9 Å². The van der Waals surface area contributed by atoms with Crippen molar-refractivity contribution in [2.75, 3.05) is 26.6 Å². The predicted molar refractivity (Wildman–Crippen MR) is 104 cm³/mol. The monoisotopic (exact) mass is 381 g/mol. The molecule has 2 N–H and O–H groups in total. The van der Waals surface area contributed by atoms with Crippen LogP contribution < -0.4 is 10.1 Å². The van der Waals surface area contributed by atoms with E-state index in [0.717, 1.165) is 28.4 Å². The standard InChI is InChI=1S/C20H19N3O5/c1-26-14-8-9-15-16(10-14)23-19(22-15)12-4-6-13(7-5-12)21-17(20(25)28-3)11-18(24)27-2/h4-11,21H,1-3H3,(H,22,23)/b17-11+. The Morgan fingerprint density at radius 3 is 2.43 bits per heavy atom. The van der Waals surface area contributed by atoms with E-state index in [1.165, 1.54) is 14.2 Å². The fourth-order valence-electron chi connectivity index (χ4n) is 2.55. The highest BCUT2D eigenvalue weighted by molar-refractivity contribution is 5.98. The number of nitrogens with one attached hydrogen (secondary N) is 2. The van der Waals surface area contributed by atoms with E-state index in [9.17, 15) is 9.59 Å². The summed E-state index contributed by atoms with van der Waals surface area (Å²) in [6.07, 6.45) is 1.03. The Hall–Kier alpha value is -3.81. The fourth-order valence-corrected chi connectivity index (χ4v) is 2.55. The van der Waals surface area contributed by atoms with Gasteiger partial charge in [-0.3, -0.25) is 0 Å². The summed E-state index contributed by atoms with van der Waals surface area (Å²) >= 11 is 0. The third kappa shape index (κ3) is 4.12. The van der Waals surface area contributed by atoms with Crippen molar-refractivity contribution in [2.45, 2.75) is 0 Å². The number of H-pyrrole nitrogens is 1. The van der Waals surface area contributed by atoms with E-state index in [1.807, 2.05) is 30.3 Å². The highest BCUT2D eigenvalue weighted by Gasteiger charge is 2.13. The number of rotatable bonds is 6. The number of carbonyl (C=O) groups is 2. The first-order valence-electron chi connectivity index (χ1n) is 8.33. The maximum Gasteiger partial charge on any atom is 0.354 e. The van der Waals surface area contributed by atoms with E-state index in [2.05, 4.69) is 24.8 Å². The lowest BCUT2D eigenvalue weighted by Gasteiger charge is -2.09. The number of carbonyl (C=O) groups excluding carboxylic acids is 2. The van der Waals surface area contributed by atoms with Crippen LogP contribution in [-0.2, 0) is 19.1 Å². The van der Waals surface area contributed by atoms with Gasteiger partial charge in [-0.1, -0.05) is 0 Å². The smallest absolute Gasteiger partial charge is 0.354 e. The minimum Gasteiger partial charge on any atom is -0.497 e. The van der Waals surface area contributed by atoms with Crippen LogP contribution in [0, 0.1) is 0 Å². The van der Waals surface area contributed by atoms with Gasteiger partial charge in [0, 0.05) is 17.3 Å². The molecule has 0 atom stereocenters. The number of hydrogen-bond donors (Lipinski definition) is 2. The summed E-state index contributed by atoms with van der Waals surface area (Å²) in [5.74, 6) is 0.103. The van der Waals surface area contributed by atoms with Gasteiger partial charge in [-0.2, -0.15) is 0 Å². The Bertz CT molecular complexity index is 1040. The van der Waals surface area contributed by atoms with Crippen LogP contribution in [0.1, 0.15) is 0 Å². The van der Waals surface area contributed by atoms with Crippen LogP contribution in [0.3, 0.4) is 0 Å². The molecule has 0 amide bonds. The third-order valence-corrected chi connectivity index (χ3v) is 4.00. The maximum absolute atomic E-state index is 11.8. The van der Waals surface area contributed by atoms with Gasteiger partial charge in [-0.25, -0.2) is 14.6 Å². The van der Waals surface area contributed by atoms with E-state index in [0.29, 0.717) is 11.5 Å². The normalized spacial score (nSPS) is 11.2. The van der Waals surface area contributed by atoms with Crippen LogP contribution in [0.25, 0.3) is 22.4 Å². The lowest BCUT2D eigenvalue weighted by Crippen LogP contribution is -2.15. The molecular weight excluding hydrogens is 362 g/mol. The summed E-state index contributed by atoms with van der Waals surface area (Å²) in [5.41, 5.74) is 3.12. The van der Waals surface area contributed by atoms with E-state index < -0.39 is 11.9 Å². The average molecular weight is 381 g/mol. The quantitative estimate of drug-likeness (QED) is 0.500. The number of anilines is 1. The lowest BCUT2D eigenvalue weighted by atomic mass is 10.2. The van der Waals surface area contributed by atoms with Gasteiger partial charge in [0.15, 0.2) is 0 Å². The Balaban J connectivity index is 1.83. The molecule has 0 unspecified atom stereocenters. The van der Waals surface area contributed by atoms with Gasteiger partial charge in [-0.05, 0) is 36.4 Å². The molecule has 0 radical (unpaired) electrons. The number of methoxy groups -OCH3 is 3. The molecule has 0 saturated heterocycles. The number of aromatic nitrogens is 2. The van der Waals surface area contributed by atoms with Crippen LogP contribution >= 0.6 is 0 Å². The molecule has 3 aromatic rings. The van der Waals surface area contributed by atoms with E-state index >= 15 is 0 Å². The van der Waals surface area contributed by atoms with Crippen LogP contribution in [0.5, 0.6) is 5.75 Å². The van der Waals surface area contributed by atoms with Crippen molar-refractivity contribution >= 4 is 28.7 Å². The number of hydrogen-bond acceptors (Lipinski definition) is 7. The molecule has 2 aromatic carbocycles. The average Bonchev–Trinajstić information content (AvgIpc) is 3.16. The zero-order valence-electron chi connectivity index (χ0n) is 15.6. The molecule has 8 nitrogen and oxygen atoms in total. The molecule has 28 heavy (non-hydrogen) atoms. The molecule has 0 aliphatic heterocycles. The molecule has 0 saturated carbocycles. The number of ether oxygens (including phenoxy) is 3. The fraction of sp³-hybridized carbons (Fsp3) is 0.150. The minimum absolute atomic E-state index is 0.0297. The zero-order valence-corrected chi connectivity index (χ0v) is 15.6. The number of aromatic amines is 1. The van der Waals surface area contributed by atoms with Gasteiger partial charge in [0.25, 0.3) is 0 Å². The first kappa shape index (κ1) is 19.0. The van der Waals surface area contributed by atoms with Crippen LogP contribution in [0.2, 0.25) is 0 Å². The van der Waals surface area contributed by atoms with Crippen molar-refractivity contribution in [3.05, 3.63) is 54.2 Å². The first-order chi connectivity index (χ1) is 13.5. The molecule has 8 heteroatoms. The van der Waals surface area contributed by atoms with Gasteiger partial charge in [0.2, 0.25) is 0 Å². The molecule has 0 aliphatic carbocycles. The second-order valence-electron chi connectivity index (χ2n) is 5.74. The van der Waals surface area contributed by atoms with Crippen LogP contribution in [0.4, 0.5) is 5.69 Å². The Kier molecular flexibility index (Phi) is 5.59. The minimum atomic E-state index is -0.680. The third-order valence-electron chi connectivity index (χ3n) is 4.00. The van der Waals surface area contributed by atoms with Crippen LogP contribution in [0.15, 0.2) is 54.2 Å². The molecule has 0 bridgehead atoms. The molecule has 0 spiro atoms. The molecule has 1 heterocycles. The van der Waals surface area contributed by atoms with Crippen molar-refractivity contribution in [3.8, 4) is 17.1 Å². The highest BCUT2D eigenvalue weighted by Crippen LogP contribution is 2.25. The Labute approximate surface area is 161 Å². The summed E-state index contributed by atoms with van der Waals surface area (Å²) < 4.78 is 14.4. The highest BCUT2D eigenvalue weighted by atomic mass is 16.5. The lowest BCUT2D eigenvalue weighted by molar-refractivity contribution is -0.138. The van der Waals surface area contributed by atoms with Crippen molar-refractivity contribution in [2.24, 2.45) is 0 Å². The summed E-state index contributed by atoms with van der Waals surface area (Å²) in [4.78, 5) is 31.1. The van der Waals surface area contributed by atoms with E-state index in [1.54, 1.807) is 19.2 Å². The molecule has 1 aromatic heterocycles. The zero-order chi connectivity index (χ0) is 20.1. The van der Waals surface area contributed by atoms with Gasteiger partial charge in [0.1, 0.15) is 17.3 Å². The van der Waals surface area contributed by atoms with Crippen molar-refractivity contribution < 1.29 is 23.8 Å². The molecular formula is C20H19N3O5. The largest absolute Gasteiger partial charge is 0.497 e. The summed E-state index contributed by atoms with van der Waals surface area (Å²) in [5, 5.41) is 2.85. The van der Waals surface area contributed by atoms with E-state index in [4.69, 9.17) is 4.74 Å². The Morgan fingerprint density at radius 2 is 1.79 bits per heavy atom. The van der Waals surface area contributed by atoms with Gasteiger partial charge in [-0.15, -0.1) is 0 Å². The number of benzene rings is 2. The van der Waals surface area contributed by atoms with Gasteiger partial charge in [0.05, 0.1) is 38.4 Å². The number of imidazole rings is 1. The first-order valence-corrected chi connectivity index (χ1v) is 8.33. The molecule has 3 rings (SSSR count). The second-order valence-corrected chi connectivity index (χ2v) is 5.74. The summed E-state index contributed by atoms with van der Waals surface area (Å²) in [7, 11) is 4.07. The molecule has 0 fully saturated rings. The number of esters is 2.